The predicted octanol–water partition coefficient (Wildman–Crippen LogP) is 5.67. The quantitative estimate of drug-likeness (QED) is 0.631. The summed E-state index contributed by atoms with van der Waals surface area (Å²) in [4.78, 5) is 0. The molecule has 3 heteroatoms. The van der Waals surface area contributed by atoms with Gasteiger partial charge in [0.1, 0.15) is 29.5 Å². The Labute approximate surface area is 148 Å². The molecule has 0 aliphatic carbocycles. The summed E-state index contributed by atoms with van der Waals surface area (Å²) in [6, 6.07) is 24.7. The van der Waals surface area contributed by atoms with Crippen LogP contribution in [0.4, 0.5) is 0 Å². The molecule has 0 spiro atoms. The summed E-state index contributed by atoms with van der Waals surface area (Å²) in [6.45, 7) is 3.90. The first-order chi connectivity index (χ1) is 12.1. The Morgan fingerprint density at radius 1 is 0.640 bits per heavy atom. The van der Waals surface area contributed by atoms with Crippen molar-refractivity contribution in [2.45, 2.75) is 26.1 Å². The van der Waals surface area contributed by atoms with E-state index in [1.165, 1.54) is 0 Å². The van der Waals surface area contributed by atoms with E-state index >= 15 is 0 Å². The maximum absolute atomic E-state index is 10.4. The highest BCUT2D eigenvalue weighted by atomic mass is 16.5. The van der Waals surface area contributed by atoms with Crippen LogP contribution >= 0.6 is 0 Å². The standard InChI is InChI=1S/C22H22O3/c1-16(24-18-10-5-3-6-11-18)20-14-9-15-21(23)22(20)17(2)25-19-12-7-4-8-13-19/h3-17,23H,1-2H3. The molecule has 0 saturated carbocycles. The second-order valence-electron chi connectivity index (χ2n) is 5.93. The van der Waals surface area contributed by atoms with Crippen molar-refractivity contribution in [1.82, 2.24) is 0 Å². The highest BCUT2D eigenvalue weighted by Gasteiger charge is 2.21. The highest BCUT2D eigenvalue weighted by Crippen LogP contribution is 2.35. The molecular formula is C22H22O3. The van der Waals surface area contributed by atoms with E-state index in [1.54, 1.807) is 6.07 Å². The molecule has 0 saturated heterocycles. The molecule has 25 heavy (non-hydrogen) atoms. The van der Waals surface area contributed by atoms with Crippen molar-refractivity contribution in [3.8, 4) is 17.2 Å². The Hall–Kier alpha value is -2.94. The van der Waals surface area contributed by atoms with E-state index in [-0.39, 0.29) is 18.0 Å². The predicted molar refractivity (Wildman–Crippen MR) is 99.1 cm³/mol. The van der Waals surface area contributed by atoms with Gasteiger partial charge in [-0.3, -0.25) is 0 Å². The highest BCUT2D eigenvalue weighted by molar-refractivity contribution is 5.43. The van der Waals surface area contributed by atoms with Crippen LogP contribution in [0.25, 0.3) is 0 Å². The van der Waals surface area contributed by atoms with E-state index < -0.39 is 0 Å². The average Bonchev–Trinajstić information content (AvgIpc) is 2.63. The Bertz CT molecular complexity index is 800. The molecule has 0 aliphatic rings. The summed E-state index contributed by atoms with van der Waals surface area (Å²) in [5.74, 6) is 1.77. The molecule has 0 radical (unpaired) electrons. The number of hydrogen-bond acceptors (Lipinski definition) is 3. The molecule has 0 aromatic heterocycles. The van der Waals surface area contributed by atoms with Crippen LogP contribution in [0.5, 0.6) is 17.2 Å². The van der Waals surface area contributed by atoms with Crippen molar-refractivity contribution in [3.63, 3.8) is 0 Å². The van der Waals surface area contributed by atoms with Gasteiger partial charge >= 0.3 is 0 Å². The monoisotopic (exact) mass is 334 g/mol. The minimum Gasteiger partial charge on any atom is -0.508 e. The summed E-state index contributed by atoms with van der Waals surface area (Å²) in [5.41, 5.74) is 1.65. The Morgan fingerprint density at radius 2 is 1.16 bits per heavy atom. The first-order valence-corrected chi connectivity index (χ1v) is 8.40. The average molecular weight is 334 g/mol. The fraction of sp³-hybridized carbons (Fsp3) is 0.182. The van der Waals surface area contributed by atoms with Gasteiger partial charge in [-0.1, -0.05) is 48.5 Å². The zero-order chi connectivity index (χ0) is 17.6. The molecule has 0 fully saturated rings. The van der Waals surface area contributed by atoms with E-state index in [2.05, 4.69) is 0 Å². The third-order valence-corrected chi connectivity index (χ3v) is 4.07. The van der Waals surface area contributed by atoms with E-state index in [0.717, 1.165) is 22.6 Å². The van der Waals surface area contributed by atoms with E-state index in [1.807, 2.05) is 86.6 Å². The van der Waals surface area contributed by atoms with Crippen molar-refractivity contribution < 1.29 is 14.6 Å². The maximum Gasteiger partial charge on any atom is 0.125 e. The van der Waals surface area contributed by atoms with Gasteiger partial charge in [0, 0.05) is 11.1 Å². The lowest BCUT2D eigenvalue weighted by Gasteiger charge is -2.23. The van der Waals surface area contributed by atoms with Gasteiger partial charge in [0.2, 0.25) is 0 Å². The van der Waals surface area contributed by atoms with Crippen LogP contribution in [0.2, 0.25) is 0 Å². The molecule has 0 heterocycles. The fourth-order valence-corrected chi connectivity index (χ4v) is 2.90. The summed E-state index contributed by atoms with van der Waals surface area (Å²) < 4.78 is 12.0. The van der Waals surface area contributed by atoms with Gasteiger partial charge in [-0.15, -0.1) is 0 Å². The van der Waals surface area contributed by atoms with E-state index in [4.69, 9.17) is 9.47 Å². The largest absolute Gasteiger partial charge is 0.508 e. The fourth-order valence-electron chi connectivity index (χ4n) is 2.90. The zero-order valence-electron chi connectivity index (χ0n) is 14.4. The summed E-state index contributed by atoms with van der Waals surface area (Å²) in [7, 11) is 0. The van der Waals surface area contributed by atoms with Crippen LogP contribution in [0, 0.1) is 0 Å². The van der Waals surface area contributed by atoms with E-state index in [9.17, 15) is 5.11 Å². The van der Waals surface area contributed by atoms with Gasteiger partial charge < -0.3 is 14.6 Å². The smallest absolute Gasteiger partial charge is 0.125 e. The number of para-hydroxylation sites is 2. The van der Waals surface area contributed by atoms with Gasteiger partial charge in [-0.2, -0.15) is 0 Å². The van der Waals surface area contributed by atoms with Gasteiger partial charge in [0.15, 0.2) is 0 Å². The molecule has 3 nitrogen and oxygen atoms in total. The van der Waals surface area contributed by atoms with Crippen molar-refractivity contribution in [2.75, 3.05) is 0 Å². The molecule has 2 atom stereocenters. The number of hydrogen-bond donors (Lipinski definition) is 1. The lowest BCUT2D eigenvalue weighted by atomic mass is 9.98. The van der Waals surface area contributed by atoms with Gasteiger partial charge in [0.05, 0.1) is 0 Å². The van der Waals surface area contributed by atoms with Crippen LogP contribution in [-0.4, -0.2) is 5.11 Å². The first kappa shape index (κ1) is 16.9. The van der Waals surface area contributed by atoms with Crippen LogP contribution in [0.1, 0.15) is 37.2 Å². The van der Waals surface area contributed by atoms with Crippen LogP contribution in [-0.2, 0) is 0 Å². The Kier molecular flexibility index (Phi) is 5.24. The molecule has 0 amide bonds. The molecule has 128 valence electrons. The number of ether oxygens (including phenoxy) is 2. The topological polar surface area (TPSA) is 38.7 Å². The Morgan fingerprint density at radius 3 is 1.72 bits per heavy atom. The SMILES string of the molecule is CC(Oc1ccccc1)c1cccc(O)c1C(C)Oc1ccccc1. The third-order valence-electron chi connectivity index (χ3n) is 4.07. The minimum absolute atomic E-state index is 0.212. The summed E-state index contributed by atoms with van der Waals surface area (Å²) in [6.07, 6.45) is -0.522. The third kappa shape index (κ3) is 4.13. The van der Waals surface area contributed by atoms with Crippen molar-refractivity contribution in [1.29, 1.82) is 0 Å². The molecule has 3 rings (SSSR count). The summed E-state index contributed by atoms with van der Waals surface area (Å²) in [5, 5.41) is 10.4. The second kappa shape index (κ2) is 7.75. The van der Waals surface area contributed by atoms with Gasteiger partial charge in [-0.25, -0.2) is 0 Å². The molecule has 1 N–H and O–H groups in total. The van der Waals surface area contributed by atoms with Crippen LogP contribution < -0.4 is 9.47 Å². The lowest BCUT2D eigenvalue weighted by molar-refractivity contribution is 0.200. The van der Waals surface area contributed by atoms with Gasteiger partial charge in [-0.05, 0) is 44.2 Å². The number of aromatic hydroxyl groups is 1. The normalized spacial score (nSPS) is 13.0. The van der Waals surface area contributed by atoms with Crippen molar-refractivity contribution in [3.05, 3.63) is 90.0 Å². The lowest BCUT2D eigenvalue weighted by Crippen LogP contribution is -2.12. The molecule has 0 bridgehead atoms. The second-order valence-corrected chi connectivity index (χ2v) is 5.93. The van der Waals surface area contributed by atoms with Crippen LogP contribution in [0.15, 0.2) is 78.9 Å². The number of phenols is 1. The molecular weight excluding hydrogens is 312 g/mol. The van der Waals surface area contributed by atoms with Gasteiger partial charge in [0.25, 0.3) is 0 Å². The van der Waals surface area contributed by atoms with Crippen molar-refractivity contribution in [2.24, 2.45) is 0 Å². The maximum atomic E-state index is 10.4. The van der Waals surface area contributed by atoms with Crippen LogP contribution in [0.3, 0.4) is 0 Å². The molecule has 2 unspecified atom stereocenters. The molecule has 0 aliphatic heterocycles. The minimum atomic E-state index is -0.305. The van der Waals surface area contributed by atoms with E-state index in [0.29, 0.717) is 0 Å². The Balaban J connectivity index is 1.86. The van der Waals surface area contributed by atoms with Crippen molar-refractivity contribution >= 4 is 0 Å². The summed E-state index contributed by atoms with van der Waals surface area (Å²) >= 11 is 0. The first-order valence-electron chi connectivity index (χ1n) is 8.40. The zero-order valence-corrected chi connectivity index (χ0v) is 14.4. The number of rotatable bonds is 6. The number of benzene rings is 3. The number of phenolic OH excluding ortho intramolecular Hbond substituents is 1. The molecule has 3 aromatic rings. The molecule has 3 aromatic carbocycles.